The molecule has 0 spiro atoms. The van der Waals surface area contributed by atoms with Crippen molar-refractivity contribution in [1.82, 2.24) is 20.0 Å². The topological polar surface area (TPSA) is 78.5 Å². The summed E-state index contributed by atoms with van der Waals surface area (Å²) in [6.07, 6.45) is 1.45. The number of hydrogen-bond acceptors (Lipinski definition) is 4. The summed E-state index contributed by atoms with van der Waals surface area (Å²) in [6.45, 7) is 9.00. The van der Waals surface area contributed by atoms with E-state index in [0.29, 0.717) is 30.2 Å². The Morgan fingerprint density at radius 2 is 1.97 bits per heavy atom. The summed E-state index contributed by atoms with van der Waals surface area (Å²) >= 11 is 6.70. The van der Waals surface area contributed by atoms with Crippen molar-refractivity contribution in [3.05, 3.63) is 52.2 Å². The van der Waals surface area contributed by atoms with E-state index in [-0.39, 0.29) is 18.0 Å². The summed E-state index contributed by atoms with van der Waals surface area (Å²) in [5.41, 5.74) is 4.84. The largest absolute Gasteiger partial charge is 0.444 e. The third-order valence-electron chi connectivity index (χ3n) is 6.08. The number of ether oxygens (including phenoxy) is 1. The predicted octanol–water partition coefficient (Wildman–Crippen LogP) is 4.77. The number of rotatable bonds is 2. The number of hydrogen-bond donors (Lipinski definition) is 1. The predicted molar refractivity (Wildman–Crippen MR) is 123 cm³/mol. The number of aryl methyl sites for hydroxylation is 1. The van der Waals surface area contributed by atoms with Crippen LogP contribution in [0.2, 0.25) is 5.02 Å². The van der Waals surface area contributed by atoms with Gasteiger partial charge in [0.25, 0.3) is 5.91 Å². The fourth-order valence-electron chi connectivity index (χ4n) is 4.45. The number of nitrogens with one attached hydrogen (secondary N) is 1. The fourth-order valence-corrected chi connectivity index (χ4v) is 4.73. The van der Waals surface area contributed by atoms with Crippen molar-refractivity contribution in [1.29, 1.82) is 0 Å². The van der Waals surface area contributed by atoms with Crippen LogP contribution in [-0.2, 0) is 11.3 Å². The highest BCUT2D eigenvalue weighted by Gasteiger charge is 2.42. The van der Waals surface area contributed by atoms with Crippen LogP contribution >= 0.6 is 11.6 Å². The van der Waals surface area contributed by atoms with E-state index in [1.165, 1.54) is 0 Å². The minimum absolute atomic E-state index is 0.0243. The molecule has 5 rings (SSSR count). The Kier molecular flexibility index (Phi) is 4.71. The van der Waals surface area contributed by atoms with E-state index in [1.807, 2.05) is 56.9 Å². The van der Waals surface area contributed by atoms with E-state index >= 15 is 0 Å². The molecule has 2 amide bonds. The van der Waals surface area contributed by atoms with Gasteiger partial charge in [0.15, 0.2) is 0 Å². The maximum atomic E-state index is 13.3. The maximum Gasteiger partial charge on any atom is 0.410 e. The van der Waals surface area contributed by atoms with Crippen LogP contribution < -0.4 is 0 Å². The first-order chi connectivity index (χ1) is 15.1. The maximum absolute atomic E-state index is 13.3. The minimum atomic E-state index is -0.537. The van der Waals surface area contributed by atoms with Crippen molar-refractivity contribution in [2.24, 2.45) is 0 Å². The summed E-state index contributed by atoms with van der Waals surface area (Å²) < 4.78 is 5.42. The fraction of sp³-hybridized carbons (Fsp3) is 0.375. The molecule has 3 aromatic rings. The van der Waals surface area contributed by atoms with Gasteiger partial charge < -0.3 is 14.5 Å². The van der Waals surface area contributed by atoms with E-state index in [2.05, 4.69) is 10.2 Å². The van der Waals surface area contributed by atoms with Crippen molar-refractivity contribution in [3.63, 3.8) is 0 Å². The second-order valence-electron chi connectivity index (χ2n) is 9.55. The Balaban J connectivity index is 1.40. The van der Waals surface area contributed by atoms with E-state index in [1.54, 1.807) is 11.1 Å². The number of carbonyl (C=O) groups excluding carboxylic acids is 2. The van der Waals surface area contributed by atoms with E-state index in [0.717, 1.165) is 33.2 Å². The van der Waals surface area contributed by atoms with Crippen LogP contribution in [-0.4, -0.2) is 56.7 Å². The van der Waals surface area contributed by atoms with Crippen LogP contribution in [0, 0.1) is 6.92 Å². The third-order valence-corrected chi connectivity index (χ3v) is 6.39. The molecule has 2 aliphatic rings. The Hall–Kier alpha value is -3.06. The lowest BCUT2D eigenvalue weighted by Crippen LogP contribution is -2.61. The van der Waals surface area contributed by atoms with Crippen LogP contribution in [0.3, 0.4) is 0 Å². The lowest BCUT2D eigenvalue weighted by atomic mass is 9.94. The third kappa shape index (κ3) is 3.41. The zero-order valence-corrected chi connectivity index (χ0v) is 19.3. The van der Waals surface area contributed by atoms with E-state index in [9.17, 15) is 9.59 Å². The molecule has 2 aromatic carbocycles. The number of fused-ring (bicyclic) bond motifs is 2. The lowest BCUT2D eigenvalue weighted by molar-refractivity contribution is -0.0125. The van der Waals surface area contributed by atoms with E-state index < -0.39 is 5.60 Å². The van der Waals surface area contributed by atoms with Gasteiger partial charge >= 0.3 is 6.09 Å². The van der Waals surface area contributed by atoms with Crippen molar-refractivity contribution >= 4 is 34.5 Å². The first-order valence-corrected chi connectivity index (χ1v) is 11.0. The molecule has 7 nitrogen and oxygen atoms in total. The number of amides is 2. The highest BCUT2D eigenvalue weighted by Crippen LogP contribution is 2.40. The van der Waals surface area contributed by atoms with Crippen LogP contribution in [0.4, 0.5) is 4.79 Å². The minimum Gasteiger partial charge on any atom is -0.444 e. The smallest absolute Gasteiger partial charge is 0.410 e. The molecule has 3 heterocycles. The van der Waals surface area contributed by atoms with Gasteiger partial charge in [0.05, 0.1) is 17.8 Å². The quantitative estimate of drug-likeness (QED) is 0.607. The first kappa shape index (κ1) is 20.8. The van der Waals surface area contributed by atoms with E-state index in [4.69, 9.17) is 16.3 Å². The summed E-state index contributed by atoms with van der Waals surface area (Å²) in [6, 6.07) is 7.78. The standard InChI is InChI=1S/C24H25ClN4O3/c1-13-5-6-20-18(9-26-27-20)21(13)17-8-16-14(7-19(17)25)10-29(22(16)30)15-11-28(12-15)23(31)32-24(2,3)4/h5-9,15H,10-12H2,1-4H3,(H,26,27). The molecule has 166 valence electrons. The lowest BCUT2D eigenvalue weighted by Gasteiger charge is -2.43. The number of aromatic amines is 1. The average Bonchev–Trinajstić information content (AvgIpc) is 3.24. The molecule has 1 aromatic heterocycles. The molecule has 1 N–H and O–H groups in total. The van der Waals surface area contributed by atoms with Crippen LogP contribution in [0.15, 0.2) is 30.5 Å². The van der Waals surface area contributed by atoms with Crippen LogP contribution in [0.1, 0.15) is 42.3 Å². The van der Waals surface area contributed by atoms with Crippen molar-refractivity contribution in [2.75, 3.05) is 13.1 Å². The van der Waals surface area contributed by atoms with Gasteiger partial charge in [-0.2, -0.15) is 5.10 Å². The van der Waals surface area contributed by atoms with Gasteiger partial charge in [-0.1, -0.05) is 17.7 Å². The second kappa shape index (κ2) is 7.24. The van der Waals surface area contributed by atoms with Crippen LogP contribution in [0.25, 0.3) is 22.0 Å². The number of nitrogens with zero attached hydrogens (tertiary/aromatic N) is 3. The van der Waals surface area contributed by atoms with Gasteiger partial charge in [0.1, 0.15) is 5.60 Å². The molecule has 0 unspecified atom stereocenters. The van der Waals surface area contributed by atoms with Gasteiger partial charge in [-0.3, -0.25) is 9.89 Å². The zero-order valence-electron chi connectivity index (χ0n) is 18.5. The monoisotopic (exact) mass is 452 g/mol. The highest BCUT2D eigenvalue weighted by atomic mass is 35.5. The Labute approximate surface area is 191 Å². The molecular formula is C24H25ClN4O3. The average molecular weight is 453 g/mol. The molecule has 1 fully saturated rings. The Morgan fingerprint density at radius 3 is 2.69 bits per heavy atom. The van der Waals surface area contributed by atoms with Gasteiger partial charge in [-0.15, -0.1) is 0 Å². The number of halogens is 1. The summed E-state index contributed by atoms with van der Waals surface area (Å²) in [4.78, 5) is 29.0. The van der Waals surface area contributed by atoms with Gasteiger partial charge in [-0.25, -0.2) is 4.79 Å². The molecule has 32 heavy (non-hydrogen) atoms. The number of likely N-dealkylation sites (tertiary alicyclic amines) is 1. The summed E-state index contributed by atoms with van der Waals surface area (Å²) in [5.74, 6) is -0.0243. The van der Waals surface area contributed by atoms with Crippen molar-refractivity contribution in [2.45, 2.75) is 45.9 Å². The molecule has 0 radical (unpaired) electrons. The summed E-state index contributed by atoms with van der Waals surface area (Å²) in [5, 5.41) is 8.73. The number of benzene rings is 2. The normalized spacial score (nSPS) is 16.5. The van der Waals surface area contributed by atoms with Gasteiger partial charge in [0, 0.05) is 41.2 Å². The first-order valence-electron chi connectivity index (χ1n) is 10.7. The number of aromatic nitrogens is 2. The molecule has 1 saturated heterocycles. The van der Waals surface area contributed by atoms with Crippen molar-refractivity contribution < 1.29 is 14.3 Å². The number of H-pyrrole nitrogens is 1. The van der Waals surface area contributed by atoms with Crippen molar-refractivity contribution in [3.8, 4) is 11.1 Å². The van der Waals surface area contributed by atoms with Gasteiger partial charge in [0.2, 0.25) is 0 Å². The molecule has 2 aliphatic heterocycles. The second-order valence-corrected chi connectivity index (χ2v) is 9.96. The molecule has 0 aliphatic carbocycles. The van der Waals surface area contributed by atoms with Gasteiger partial charge in [-0.05, 0) is 62.6 Å². The molecular weight excluding hydrogens is 428 g/mol. The van der Waals surface area contributed by atoms with Crippen LogP contribution in [0.5, 0.6) is 0 Å². The molecule has 0 atom stereocenters. The molecule has 0 saturated carbocycles. The Bertz CT molecular complexity index is 1250. The Morgan fingerprint density at radius 1 is 1.22 bits per heavy atom. The number of carbonyl (C=O) groups is 2. The zero-order chi connectivity index (χ0) is 22.8. The molecule has 0 bridgehead atoms. The summed E-state index contributed by atoms with van der Waals surface area (Å²) in [7, 11) is 0. The SMILES string of the molecule is Cc1ccc2[nH]ncc2c1-c1cc2c(cc1Cl)CN(C1CN(C(=O)OC(C)(C)C)C1)C2=O. The molecule has 8 heteroatoms. The highest BCUT2D eigenvalue weighted by molar-refractivity contribution is 6.34.